The number of anilines is 2. The molecule has 5 aromatic rings. The molecule has 0 saturated heterocycles. The highest BCUT2D eigenvalue weighted by molar-refractivity contribution is 6.88. The second-order valence-electron chi connectivity index (χ2n) is 8.42. The first-order valence-corrected chi connectivity index (χ1v) is 13.0. The fourth-order valence-electron chi connectivity index (χ4n) is 4.07. The lowest BCUT2D eigenvalue weighted by Gasteiger charge is -2.18. The van der Waals surface area contributed by atoms with E-state index in [4.69, 9.17) is 0 Å². The standard InChI is InChI=1S/C25H23NSi/c1-27(2,3)21-14-12-20(13-15-21)26-23-16-19-8-4-6-17-10-11-18-7-5-9-22(23)25(18)24(17)19/h4-16,26H,1-3H3. The fraction of sp³-hybridized carbons (Fsp3) is 0.120. The molecule has 0 aliphatic heterocycles. The van der Waals surface area contributed by atoms with Gasteiger partial charge in [-0.2, -0.15) is 0 Å². The van der Waals surface area contributed by atoms with Crippen LogP contribution >= 0.6 is 0 Å². The number of hydrogen-bond acceptors (Lipinski definition) is 1. The lowest BCUT2D eigenvalue weighted by Crippen LogP contribution is -2.37. The first-order chi connectivity index (χ1) is 13.0. The molecule has 0 aromatic heterocycles. The van der Waals surface area contributed by atoms with Gasteiger partial charge in [-0.25, -0.2) is 0 Å². The van der Waals surface area contributed by atoms with Crippen molar-refractivity contribution in [3.05, 3.63) is 78.9 Å². The Morgan fingerprint density at radius 1 is 0.630 bits per heavy atom. The molecule has 0 fully saturated rings. The van der Waals surface area contributed by atoms with Crippen LogP contribution in [-0.2, 0) is 0 Å². The summed E-state index contributed by atoms with van der Waals surface area (Å²) >= 11 is 0. The average molecular weight is 366 g/mol. The van der Waals surface area contributed by atoms with E-state index in [1.54, 1.807) is 0 Å². The van der Waals surface area contributed by atoms with Crippen LogP contribution < -0.4 is 10.5 Å². The molecule has 5 rings (SSSR count). The molecule has 0 saturated carbocycles. The van der Waals surface area contributed by atoms with E-state index in [-0.39, 0.29) is 0 Å². The van der Waals surface area contributed by atoms with Gasteiger partial charge in [0.15, 0.2) is 0 Å². The van der Waals surface area contributed by atoms with E-state index in [1.165, 1.54) is 43.2 Å². The van der Waals surface area contributed by atoms with Crippen molar-refractivity contribution in [3.63, 3.8) is 0 Å². The topological polar surface area (TPSA) is 12.0 Å². The number of rotatable bonds is 3. The predicted octanol–water partition coefficient (Wildman–Crippen LogP) is 6.87. The molecule has 0 atom stereocenters. The normalized spacial score (nSPS) is 12.3. The van der Waals surface area contributed by atoms with Crippen LogP contribution in [0.2, 0.25) is 19.6 Å². The van der Waals surface area contributed by atoms with Crippen LogP contribution in [0.5, 0.6) is 0 Å². The largest absolute Gasteiger partial charge is 0.355 e. The fourth-order valence-corrected chi connectivity index (χ4v) is 5.24. The van der Waals surface area contributed by atoms with Crippen molar-refractivity contribution in [1.29, 1.82) is 0 Å². The maximum atomic E-state index is 3.68. The summed E-state index contributed by atoms with van der Waals surface area (Å²) in [5.74, 6) is 0. The molecule has 0 aliphatic carbocycles. The summed E-state index contributed by atoms with van der Waals surface area (Å²) in [7, 11) is -1.27. The third-order valence-corrected chi connectivity index (χ3v) is 7.60. The monoisotopic (exact) mass is 365 g/mol. The minimum atomic E-state index is -1.27. The summed E-state index contributed by atoms with van der Waals surface area (Å²) in [5, 5.41) is 13.1. The van der Waals surface area contributed by atoms with Gasteiger partial charge in [0.1, 0.15) is 0 Å². The molecular formula is C25H23NSi. The van der Waals surface area contributed by atoms with Crippen molar-refractivity contribution >= 4 is 57.0 Å². The molecule has 1 nitrogen and oxygen atoms in total. The van der Waals surface area contributed by atoms with Crippen molar-refractivity contribution in [1.82, 2.24) is 0 Å². The maximum Gasteiger partial charge on any atom is 0.0775 e. The zero-order chi connectivity index (χ0) is 18.6. The highest BCUT2D eigenvalue weighted by Crippen LogP contribution is 2.39. The van der Waals surface area contributed by atoms with Crippen LogP contribution in [0.1, 0.15) is 0 Å². The Morgan fingerprint density at radius 3 is 1.96 bits per heavy atom. The maximum absolute atomic E-state index is 3.68. The molecule has 132 valence electrons. The van der Waals surface area contributed by atoms with Crippen molar-refractivity contribution in [2.75, 3.05) is 5.32 Å². The second-order valence-corrected chi connectivity index (χ2v) is 13.5. The van der Waals surface area contributed by atoms with Crippen molar-refractivity contribution in [3.8, 4) is 0 Å². The van der Waals surface area contributed by atoms with Gasteiger partial charge in [0.2, 0.25) is 0 Å². The third kappa shape index (κ3) is 2.68. The van der Waals surface area contributed by atoms with E-state index >= 15 is 0 Å². The lowest BCUT2D eigenvalue weighted by molar-refractivity contribution is 1.59. The van der Waals surface area contributed by atoms with Crippen LogP contribution in [0.4, 0.5) is 11.4 Å². The summed E-state index contributed by atoms with van der Waals surface area (Å²) in [5.41, 5.74) is 2.32. The van der Waals surface area contributed by atoms with E-state index in [2.05, 4.69) is 104 Å². The highest BCUT2D eigenvalue weighted by atomic mass is 28.3. The SMILES string of the molecule is C[Si](C)(C)c1ccc(Nc2cc3cccc4ccc5cccc2c5c43)cc1. The van der Waals surface area contributed by atoms with Crippen molar-refractivity contribution in [2.24, 2.45) is 0 Å². The molecule has 0 spiro atoms. The molecule has 27 heavy (non-hydrogen) atoms. The lowest BCUT2D eigenvalue weighted by atomic mass is 9.93. The van der Waals surface area contributed by atoms with Gasteiger partial charge in [0.25, 0.3) is 0 Å². The molecule has 1 N–H and O–H groups in total. The quantitative estimate of drug-likeness (QED) is 0.272. The molecule has 0 bridgehead atoms. The zero-order valence-electron chi connectivity index (χ0n) is 16.0. The van der Waals surface area contributed by atoms with Gasteiger partial charge in [-0.3, -0.25) is 0 Å². The van der Waals surface area contributed by atoms with Gasteiger partial charge < -0.3 is 5.32 Å². The van der Waals surface area contributed by atoms with Gasteiger partial charge in [0.05, 0.1) is 8.07 Å². The Hall–Kier alpha value is -2.84. The first kappa shape index (κ1) is 16.3. The predicted molar refractivity (Wildman–Crippen MR) is 123 cm³/mol. The summed E-state index contributed by atoms with van der Waals surface area (Å²) in [6.07, 6.45) is 0. The Labute approximate surface area is 161 Å². The van der Waals surface area contributed by atoms with Crippen molar-refractivity contribution in [2.45, 2.75) is 19.6 Å². The zero-order valence-corrected chi connectivity index (χ0v) is 17.0. The van der Waals surface area contributed by atoms with Gasteiger partial charge in [-0.15, -0.1) is 0 Å². The van der Waals surface area contributed by atoms with Crippen LogP contribution in [-0.4, -0.2) is 8.07 Å². The van der Waals surface area contributed by atoms with E-state index in [9.17, 15) is 0 Å². The number of hydrogen-bond donors (Lipinski definition) is 1. The summed E-state index contributed by atoms with van der Waals surface area (Å²) in [6.45, 7) is 7.16. The molecule has 5 aromatic carbocycles. The molecule has 0 unspecified atom stereocenters. The van der Waals surface area contributed by atoms with Crippen LogP contribution in [0.25, 0.3) is 32.3 Å². The average Bonchev–Trinajstić information content (AvgIpc) is 2.66. The van der Waals surface area contributed by atoms with E-state index in [0.717, 1.165) is 5.69 Å². The molecular weight excluding hydrogens is 342 g/mol. The van der Waals surface area contributed by atoms with E-state index in [1.807, 2.05) is 0 Å². The number of nitrogens with one attached hydrogen (secondary N) is 1. The smallest absolute Gasteiger partial charge is 0.0775 e. The molecule has 0 aliphatic rings. The summed E-state index contributed by atoms with van der Waals surface area (Å²) in [6, 6.07) is 28.9. The van der Waals surface area contributed by atoms with Gasteiger partial charge in [0, 0.05) is 16.8 Å². The summed E-state index contributed by atoms with van der Waals surface area (Å²) < 4.78 is 0. The second kappa shape index (κ2) is 5.83. The summed E-state index contributed by atoms with van der Waals surface area (Å²) in [4.78, 5) is 0. The Kier molecular flexibility index (Phi) is 3.53. The van der Waals surface area contributed by atoms with E-state index < -0.39 is 8.07 Å². The molecule has 0 radical (unpaired) electrons. The highest BCUT2D eigenvalue weighted by Gasteiger charge is 2.16. The number of benzene rings is 5. The van der Waals surface area contributed by atoms with Crippen molar-refractivity contribution < 1.29 is 0 Å². The van der Waals surface area contributed by atoms with Gasteiger partial charge >= 0.3 is 0 Å². The minimum Gasteiger partial charge on any atom is -0.355 e. The Bertz CT molecular complexity index is 1260. The molecule has 0 heterocycles. The third-order valence-electron chi connectivity index (χ3n) is 5.54. The van der Waals surface area contributed by atoms with Crippen LogP contribution in [0.3, 0.4) is 0 Å². The van der Waals surface area contributed by atoms with Gasteiger partial charge in [-0.1, -0.05) is 85.5 Å². The van der Waals surface area contributed by atoms with Gasteiger partial charge in [-0.05, 0) is 45.1 Å². The van der Waals surface area contributed by atoms with Crippen LogP contribution in [0, 0.1) is 0 Å². The van der Waals surface area contributed by atoms with Crippen LogP contribution in [0.15, 0.2) is 78.9 Å². The Morgan fingerprint density at radius 2 is 1.26 bits per heavy atom. The Balaban J connectivity index is 1.69. The van der Waals surface area contributed by atoms with E-state index in [0.29, 0.717) is 0 Å². The molecule has 0 amide bonds. The first-order valence-electron chi connectivity index (χ1n) is 9.55. The molecule has 2 heteroatoms. The minimum absolute atomic E-state index is 1.15.